The van der Waals surface area contributed by atoms with Gasteiger partial charge in [0, 0.05) is 27.1 Å². The first kappa shape index (κ1) is 16.3. The fraction of sp³-hybridized carbons (Fsp3) is 0.467. The van der Waals surface area contributed by atoms with E-state index in [0.29, 0.717) is 12.3 Å². The normalized spacial score (nSPS) is 17.7. The largest absolute Gasteiger partial charge is 0.418 e. The topological polar surface area (TPSA) is 35.9 Å². The maximum Gasteiger partial charge on any atom is 0.418 e. The molecule has 4 nitrogen and oxygen atoms in total. The van der Waals surface area contributed by atoms with Gasteiger partial charge in [0.2, 0.25) is 0 Å². The van der Waals surface area contributed by atoms with Crippen LogP contribution in [0.15, 0.2) is 29.3 Å². The first-order chi connectivity index (χ1) is 10.3. The van der Waals surface area contributed by atoms with Crippen molar-refractivity contribution in [1.29, 1.82) is 0 Å². The first-order valence-corrected chi connectivity index (χ1v) is 7.03. The molecule has 0 aromatic heterocycles. The van der Waals surface area contributed by atoms with Gasteiger partial charge in [-0.3, -0.25) is 4.90 Å². The van der Waals surface area contributed by atoms with Crippen LogP contribution in [-0.4, -0.2) is 37.4 Å². The van der Waals surface area contributed by atoms with Crippen molar-refractivity contribution in [2.45, 2.75) is 25.4 Å². The van der Waals surface area contributed by atoms with Crippen LogP contribution >= 0.6 is 0 Å². The van der Waals surface area contributed by atoms with E-state index in [2.05, 4.69) is 4.99 Å². The molecule has 120 valence electrons. The predicted molar refractivity (Wildman–Crippen MR) is 79.2 cm³/mol. The molecular formula is C15H18F3N3O. The highest BCUT2D eigenvalue weighted by molar-refractivity contribution is 6.01. The molecule has 0 spiro atoms. The molecule has 0 aliphatic carbocycles. The zero-order chi connectivity index (χ0) is 16.3. The highest BCUT2D eigenvalue weighted by Gasteiger charge is 2.35. The number of hydrogen-bond donors (Lipinski definition) is 0. The summed E-state index contributed by atoms with van der Waals surface area (Å²) < 4.78 is 39.0. The van der Waals surface area contributed by atoms with E-state index in [-0.39, 0.29) is 5.69 Å². The lowest BCUT2D eigenvalue weighted by Gasteiger charge is -2.26. The third-order valence-corrected chi connectivity index (χ3v) is 3.67. The van der Waals surface area contributed by atoms with Crippen LogP contribution in [0.4, 0.5) is 23.7 Å². The molecule has 2 amide bonds. The van der Waals surface area contributed by atoms with E-state index in [0.717, 1.165) is 30.4 Å². The van der Waals surface area contributed by atoms with Gasteiger partial charge in [-0.1, -0.05) is 12.1 Å². The Labute approximate surface area is 127 Å². The number of amides is 2. The second-order valence-electron chi connectivity index (χ2n) is 5.26. The van der Waals surface area contributed by atoms with Crippen LogP contribution in [0.25, 0.3) is 0 Å². The number of likely N-dealkylation sites (tertiary alicyclic amines) is 1. The maximum atomic E-state index is 13.0. The molecule has 1 aromatic rings. The molecule has 0 radical (unpaired) electrons. The van der Waals surface area contributed by atoms with Crippen molar-refractivity contribution in [1.82, 2.24) is 4.90 Å². The highest BCUT2D eigenvalue weighted by atomic mass is 19.4. The van der Waals surface area contributed by atoms with Gasteiger partial charge in [-0.05, 0) is 25.0 Å². The molecule has 1 saturated heterocycles. The number of anilines is 1. The molecule has 2 rings (SSSR count). The minimum Gasteiger partial charge on any atom is -0.363 e. The molecule has 1 aliphatic rings. The molecule has 7 heteroatoms. The third kappa shape index (κ3) is 3.58. The van der Waals surface area contributed by atoms with Gasteiger partial charge in [0.05, 0.1) is 11.3 Å². The van der Waals surface area contributed by atoms with Gasteiger partial charge in [-0.25, -0.2) is 4.79 Å². The van der Waals surface area contributed by atoms with Crippen molar-refractivity contribution in [2.24, 2.45) is 4.99 Å². The lowest BCUT2D eigenvalue weighted by atomic mass is 10.1. The summed E-state index contributed by atoms with van der Waals surface area (Å²) in [5.41, 5.74) is -1.04. The molecule has 0 unspecified atom stereocenters. The molecule has 1 fully saturated rings. The number of carbonyl (C=O) groups excluding carboxylic acids is 1. The van der Waals surface area contributed by atoms with Gasteiger partial charge < -0.3 is 4.90 Å². The van der Waals surface area contributed by atoms with Crippen LogP contribution in [0.1, 0.15) is 24.8 Å². The SMILES string of the molecule is CN1CCCC/C1=N/C(=O)N(C)c1ccccc1C(F)(F)F. The van der Waals surface area contributed by atoms with E-state index in [9.17, 15) is 18.0 Å². The van der Waals surface area contributed by atoms with Gasteiger partial charge in [0.1, 0.15) is 5.84 Å². The lowest BCUT2D eigenvalue weighted by molar-refractivity contribution is -0.137. The molecule has 0 N–H and O–H groups in total. The minimum atomic E-state index is -4.51. The second kappa shape index (κ2) is 6.37. The summed E-state index contributed by atoms with van der Waals surface area (Å²) in [7, 11) is 3.13. The molecule has 1 aliphatic heterocycles. The highest BCUT2D eigenvalue weighted by Crippen LogP contribution is 2.36. The average Bonchev–Trinajstić information content (AvgIpc) is 2.48. The number of urea groups is 1. The second-order valence-corrected chi connectivity index (χ2v) is 5.26. The van der Waals surface area contributed by atoms with E-state index >= 15 is 0 Å². The number of piperidine rings is 1. The molecule has 1 heterocycles. The monoisotopic (exact) mass is 313 g/mol. The summed E-state index contributed by atoms with van der Waals surface area (Å²) in [5, 5.41) is 0. The molecule has 0 atom stereocenters. The summed E-state index contributed by atoms with van der Waals surface area (Å²) >= 11 is 0. The minimum absolute atomic E-state index is 0.192. The van der Waals surface area contributed by atoms with Crippen LogP contribution in [0, 0.1) is 0 Å². The zero-order valence-electron chi connectivity index (χ0n) is 12.5. The quantitative estimate of drug-likeness (QED) is 0.791. The first-order valence-electron chi connectivity index (χ1n) is 7.03. The maximum absolute atomic E-state index is 13.0. The van der Waals surface area contributed by atoms with E-state index in [1.165, 1.54) is 25.2 Å². The molecule has 1 aromatic carbocycles. The number of benzene rings is 1. The van der Waals surface area contributed by atoms with Crippen molar-refractivity contribution < 1.29 is 18.0 Å². The Kier molecular flexibility index (Phi) is 4.73. The summed E-state index contributed by atoms with van der Waals surface area (Å²) in [4.78, 5) is 19.0. The van der Waals surface area contributed by atoms with Crippen molar-refractivity contribution in [3.05, 3.63) is 29.8 Å². The predicted octanol–water partition coefficient (Wildman–Crippen LogP) is 3.78. The fourth-order valence-electron chi connectivity index (χ4n) is 2.39. The van der Waals surface area contributed by atoms with Crippen LogP contribution in [0.5, 0.6) is 0 Å². The Morgan fingerprint density at radius 1 is 1.27 bits per heavy atom. The van der Waals surface area contributed by atoms with Crippen LogP contribution in [0.3, 0.4) is 0 Å². The summed E-state index contributed by atoms with van der Waals surface area (Å²) in [6.07, 6.45) is -1.90. The van der Waals surface area contributed by atoms with Gasteiger partial charge in [-0.2, -0.15) is 18.2 Å². The number of carbonyl (C=O) groups is 1. The Morgan fingerprint density at radius 3 is 2.59 bits per heavy atom. The number of nitrogens with zero attached hydrogens (tertiary/aromatic N) is 3. The van der Waals surface area contributed by atoms with E-state index in [4.69, 9.17) is 0 Å². The summed E-state index contributed by atoms with van der Waals surface area (Å²) in [6.45, 7) is 0.801. The Bertz CT molecular complexity index is 584. The smallest absolute Gasteiger partial charge is 0.363 e. The standard InChI is InChI=1S/C15H18F3N3O/c1-20-10-6-5-9-13(20)19-14(22)21(2)12-8-4-3-7-11(12)15(16,17)18/h3-4,7-8H,5-6,9-10H2,1-2H3/b19-13-. The summed E-state index contributed by atoms with van der Waals surface area (Å²) in [6, 6.07) is 4.30. The number of halogens is 3. The molecule has 0 saturated carbocycles. The third-order valence-electron chi connectivity index (χ3n) is 3.67. The number of para-hydroxylation sites is 1. The van der Waals surface area contributed by atoms with Crippen molar-refractivity contribution in [3.63, 3.8) is 0 Å². The zero-order valence-corrected chi connectivity index (χ0v) is 12.5. The average molecular weight is 313 g/mol. The number of aliphatic imine (C=N–C) groups is 1. The van der Waals surface area contributed by atoms with Gasteiger partial charge in [0.15, 0.2) is 0 Å². The fourth-order valence-corrected chi connectivity index (χ4v) is 2.39. The molecular weight excluding hydrogens is 295 g/mol. The Morgan fingerprint density at radius 2 is 1.95 bits per heavy atom. The lowest BCUT2D eigenvalue weighted by Crippen LogP contribution is -2.34. The van der Waals surface area contributed by atoms with E-state index < -0.39 is 17.8 Å². The van der Waals surface area contributed by atoms with Crippen LogP contribution in [-0.2, 0) is 6.18 Å². The number of alkyl halides is 3. The molecule has 0 bridgehead atoms. The van der Waals surface area contributed by atoms with E-state index in [1.54, 1.807) is 0 Å². The van der Waals surface area contributed by atoms with Crippen molar-refractivity contribution in [2.75, 3.05) is 25.5 Å². The van der Waals surface area contributed by atoms with Crippen molar-refractivity contribution >= 4 is 17.6 Å². The van der Waals surface area contributed by atoms with Crippen molar-refractivity contribution in [3.8, 4) is 0 Å². The Balaban J connectivity index is 2.27. The summed E-state index contributed by atoms with van der Waals surface area (Å²) in [5.74, 6) is 0.618. The van der Waals surface area contributed by atoms with Gasteiger partial charge in [-0.15, -0.1) is 0 Å². The van der Waals surface area contributed by atoms with Gasteiger partial charge >= 0.3 is 12.2 Å². The number of hydrogen-bond acceptors (Lipinski definition) is 1. The van der Waals surface area contributed by atoms with E-state index in [1.807, 2.05) is 11.9 Å². The van der Waals surface area contributed by atoms with Crippen LogP contribution in [0.2, 0.25) is 0 Å². The van der Waals surface area contributed by atoms with Crippen LogP contribution < -0.4 is 4.90 Å². The Hall–Kier alpha value is -2.05. The number of amidine groups is 1. The molecule has 22 heavy (non-hydrogen) atoms. The van der Waals surface area contributed by atoms with Gasteiger partial charge in [0.25, 0.3) is 0 Å². The number of rotatable bonds is 1.